The number of benzene rings is 1. The summed E-state index contributed by atoms with van der Waals surface area (Å²) in [5.41, 5.74) is 2.44. The Kier molecular flexibility index (Phi) is 4.39. The van der Waals surface area contributed by atoms with Gasteiger partial charge in [-0.3, -0.25) is 9.78 Å². The molecule has 0 bridgehead atoms. The molecule has 2 aromatic rings. The molecule has 1 N–H and O–H groups in total. The Bertz CT molecular complexity index is 775. The van der Waals surface area contributed by atoms with E-state index in [-0.39, 0.29) is 12.7 Å². The minimum Gasteiger partial charge on any atom is -0.454 e. The van der Waals surface area contributed by atoms with Gasteiger partial charge >= 0.3 is 0 Å². The van der Waals surface area contributed by atoms with Crippen LogP contribution in [0.1, 0.15) is 15.9 Å². The molecule has 2 aliphatic heterocycles. The van der Waals surface area contributed by atoms with Crippen LogP contribution >= 0.6 is 0 Å². The molecule has 0 atom stereocenters. The summed E-state index contributed by atoms with van der Waals surface area (Å²) in [6.07, 6.45) is 3.36. The van der Waals surface area contributed by atoms with Crippen LogP contribution in [0, 0.1) is 0 Å². The SMILES string of the molecule is O=C(NCc1ccc2c(c1)OCO2)c1cncc(N2CCOCC2)c1. The van der Waals surface area contributed by atoms with Crippen LogP contribution in [0.3, 0.4) is 0 Å². The summed E-state index contributed by atoms with van der Waals surface area (Å²) < 4.78 is 16.0. The Morgan fingerprint density at radius 2 is 1.96 bits per heavy atom. The first kappa shape index (κ1) is 15.7. The molecule has 0 radical (unpaired) electrons. The second-order valence-electron chi connectivity index (χ2n) is 5.90. The molecule has 0 saturated carbocycles. The minimum atomic E-state index is -0.153. The first-order valence-corrected chi connectivity index (χ1v) is 8.24. The maximum absolute atomic E-state index is 12.4. The third-order valence-electron chi connectivity index (χ3n) is 4.25. The number of ether oxygens (including phenoxy) is 3. The lowest BCUT2D eigenvalue weighted by molar-refractivity contribution is 0.0950. The monoisotopic (exact) mass is 341 g/mol. The van der Waals surface area contributed by atoms with Gasteiger partial charge in [0.15, 0.2) is 11.5 Å². The van der Waals surface area contributed by atoms with Gasteiger partial charge in [-0.05, 0) is 23.8 Å². The number of nitrogens with zero attached hydrogens (tertiary/aromatic N) is 2. The Morgan fingerprint density at radius 3 is 2.84 bits per heavy atom. The maximum atomic E-state index is 12.4. The number of nitrogens with one attached hydrogen (secondary N) is 1. The van der Waals surface area contributed by atoms with Crippen molar-refractivity contribution in [1.29, 1.82) is 0 Å². The fourth-order valence-corrected chi connectivity index (χ4v) is 2.88. The van der Waals surface area contributed by atoms with Gasteiger partial charge in [0.1, 0.15) is 0 Å². The largest absolute Gasteiger partial charge is 0.454 e. The van der Waals surface area contributed by atoms with Gasteiger partial charge in [-0.15, -0.1) is 0 Å². The highest BCUT2D eigenvalue weighted by molar-refractivity contribution is 5.94. The molecular weight excluding hydrogens is 322 g/mol. The molecule has 1 amide bonds. The van der Waals surface area contributed by atoms with E-state index in [0.29, 0.717) is 31.1 Å². The summed E-state index contributed by atoms with van der Waals surface area (Å²) in [6.45, 7) is 3.66. The van der Waals surface area contributed by atoms with Crippen molar-refractivity contribution in [2.75, 3.05) is 38.0 Å². The van der Waals surface area contributed by atoms with Crippen molar-refractivity contribution >= 4 is 11.6 Å². The highest BCUT2D eigenvalue weighted by atomic mass is 16.7. The predicted octanol–water partition coefficient (Wildman–Crippen LogP) is 1.58. The zero-order valence-corrected chi connectivity index (χ0v) is 13.7. The lowest BCUT2D eigenvalue weighted by Gasteiger charge is -2.28. The van der Waals surface area contributed by atoms with Gasteiger partial charge in [0.2, 0.25) is 6.79 Å². The van der Waals surface area contributed by atoms with Crippen molar-refractivity contribution in [2.24, 2.45) is 0 Å². The maximum Gasteiger partial charge on any atom is 0.253 e. The summed E-state index contributed by atoms with van der Waals surface area (Å²) in [7, 11) is 0. The van der Waals surface area contributed by atoms with Crippen molar-refractivity contribution in [3.8, 4) is 11.5 Å². The van der Waals surface area contributed by atoms with Crippen molar-refractivity contribution < 1.29 is 19.0 Å². The molecule has 1 saturated heterocycles. The second kappa shape index (κ2) is 6.98. The van der Waals surface area contributed by atoms with Gasteiger partial charge in [-0.1, -0.05) is 6.07 Å². The average Bonchev–Trinajstić information content (AvgIpc) is 3.15. The molecule has 1 fully saturated rings. The summed E-state index contributed by atoms with van der Waals surface area (Å²) >= 11 is 0. The quantitative estimate of drug-likeness (QED) is 0.910. The van der Waals surface area contributed by atoms with Crippen molar-refractivity contribution in [2.45, 2.75) is 6.54 Å². The molecule has 3 heterocycles. The fraction of sp³-hybridized carbons (Fsp3) is 0.333. The van der Waals surface area contributed by atoms with Crippen LogP contribution in [0.25, 0.3) is 0 Å². The number of aromatic nitrogens is 1. The van der Waals surface area contributed by atoms with Crippen LogP contribution in [0.2, 0.25) is 0 Å². The van der Waals surface area contributed by atoms with Crippen molar-refractivity contribution in [3.63, 3.8) is 0 Å². The number of pyridine rings is 1. The number of carbonyl (C=O) groups is 1. The lowest BCUT2D eigenvalue weighted by Crippen LogP contribution is -2.36. The summed E-state index contributed by atoms with van der Waals surface area (Å²) in [4.78, 5) is 18.8. The van der Waals surface area contributed by atoms with E-state index in [0.717, 1.165) is 30.1 Å². The Hall–Kier alpha value is -2.80. The molecule has 7 nitrogen and oxygen atoms in total. The van der Waals surface area contributed by atoms with Gasteiger partial charge in [-0.2, -0.15) is 0 Å². The van der Waals surface area contributed by atoms with E-state index in [1.54, 1.807) is 12.4 Å². The van der Waals surface area contributed by atoms with E-state index in [1.165, 1.54) is 0 Å². The number of amides is 1. The highest BCUT2D eigenvalue weighted by Gasteiger charge is 2.15. The molecule has 7 heteroatoms. The van der Waals surface area contributed by atoms with Gasteiger partial charge in [0, 0.05) is 25.8 Å². The third-order valence-corrected chi connectivity index (χ3v) is 4.25. The number of anilines is 1. The first-order chi connectivity index (χ1) is 12.3. The van der Waals surface area contributed by atoms with Crippen molar-refractivity contribution in [3.05, 3.63) is 47.8 Å². The Balaban J connectivity index is 1.41. The van der Waals surface area contributed by atoms with E-state index >= 15 is 0 Å². The molecule has 0 unspecified atom stereocenters. The number of fused-ring (bicyclic) bond motifs is 1. The fourth-order valence-electron chi connectivity index (χ4n) is 2.88. The molecule has 4 rings (SSSR count). The topological polar surface area (TPSA) is 72.9 Å². The Morgan fingerprint density at radius 1 is 1.12 bits per heavy atom. The van der Waals surface area contributed by atoms with E-state index in [9.17, 15) is 4.79 Å². The standard InChI is InChI=1S/C18H19N3O4/c22-18(20-9-13-1-2-16-17(7-13)25-12-24-16)14-8-15(11-19-10-14)21-3-5-23-6-4-21/h1-2,7-8,10-11H,3-6,9,12H2,(H,20,22). The van der Waals surface area contributed by atoms with Gasteiger partial charge < -0.3 is 24.4 Å². The molecule has 130 valence electrons. The highest BCUT2D eigenvalue weighted by Crippen LogP contribution is 2.32. The number of hydrogen-bond acceptors (Lipinski definition) is 6. The molecule has 25 heavy (non-hydrogen) atoms. The van der Waals surface area contributed by atoms with Crippen LogP contribution in [0.5, 0.6) is 11.5 Å². The third kappa shape index (κ3) is 3.51. The number of morpholine rings is 1. The molecule has 2 aliphatic rings. The van der Waals surface area contributed by atoms with E-state index in [4.69, 9.17) is 14.2 Å². The van der Waals surface area contributed by atoms with Crippen LogP contribution in [0.15, 0.2) is 36.7 Å². The number of rotatable bonds is 4. The second-order valence-corrected chi connectivity index (χ2v) is 5.90. The van der Waals surface area contributed by atoms with Gasteiger partial charge in [-0.25, -0.2) is 0 Å². The van der Waals surface area contributed by atoms with E-state index in [1.807, 2.05) is 24.3 Å². The predicted molar refractivity (Wildman–Crippen MR) is 91.0 cm³/mol. The molecular formula is C18H19N3O4. The summed E-state index contributed by atoms with van der Waals surface area (Å²) in [6, 6.07) is 7.51. The van der Waals surface area contributed by atoms with Crippen LogP contribution in [-0.2, 0) is 11.3 Å². The molecule has 1 aromatic carbocycles. The lowest BCUT2D eigenvalue weighted by atomic mass is 10.2. The van der Waals surface area contributed by atoms with Crippen molar-refractivity contribution in [1.82, 2.24) is 10.3 Å². The average molecular weight is 341 g/mol. The van der Waals surface area contributed by atoms with Gasteiger partial charge in [0.25, 0.3) is 5.91 Å². The van der Waals surface area contributed by atoms with E-state index in [2.05, 4.69) is 15.2 Å². The normalized spacial score (nSPS) is 15.9. The van der Waals surface area contributed by atoms with Crippen LogP contribution in [-0.4, -0.2) is 44.0 Å². The van der Waals surface area contributed by atoms with Crippen LogP contribution < -0.4 is 19.7 Å². The van der Waals surface area contributed by atoms with Gasteiger partial charge in [0.05, 0.1) is 30.7 Å². The van der Waals surface area contributed by atoms with E-state index < -0.39 is 0 Å². The Labute approximate surface area is 145 Å². The smallest absolute Gasteiger partial charge is 0.253 e. The van der Waals surface area contributed by atoms with Crippen LogP contribution in [0.4, 0.5) is 5.69 Å². The minimum absolute atomic E-state index is 0.153. The number of hydrogen-bond donors (Lipinski definition) is 1. The summed E-state index contributed by atoms with van der Waals surface area (Å²) in [5, 5.41) is 2.92. The molecule has 0 aliphatic carbocycles. The zero-order valence-electron chi connectivity index (χ0n) is 13.7. The summed E-state index contributed by atoms with van der Waals surface area (Å²) in [5.74, 6) is 1.29. The first-order valence-electron chi connectivity index (χ1n) is 8.24. The number of carbonyl (C=O) groups excluding carboxylic acids is 1. The zero-order chi connectivity index (χ0) is 17.1. The molecule has 1 aromatic heterocycles. The molecule has 0 spiro atoms.